The zero-order chi connectivity index (χ0) is 30.0. The molecule has 16 heteroatoms. The number of non-ortho nitro benzene ring substituents is 1. The normalized spacial score (nSPS) is 23.0. The Morgan fingerprint density at radius 1 is 1.29 bits per heavy atom. The molecule has 0 spiro atoms. The number of Topliss-reactive ketones (excluding diaryl/α,β-unsaturated/α-hetero) is 1. The van der Waals surface area contributed by atoms with E-state index >= 15 is 0 Å². The number of carbonyl (C=O) groups excluding carboxylic acids is 2. The fourth-order valence-electron chi connectivity index (χ4n) is 5.80. The van der Waals surface area contributed by atoms with E-state index in [0.29, 0.717) is 20.8 Å². The third-order valence-corrected chi connectivity index (χ3v) is 9.30. The van der Waals surface area contributed by atoms with Gasteiger partial charge in [-0.05, 0) is 18.9 Å². The van der Waals surface area contributed by atoms with Crippen molar-refractivity contribution in [3.8, 4) is 0 Å². The third-order valence-electron chi connectivity index (χ3n) is 7.50. The molecule has 41 heavy (non-hydrogen) atoms. The number of nitrogens with zero attached hydrogens (tertiary/aromatic N) is 4. The van der Waals surface area contributed by atoms with Crippen molar-refractivity contribution in [1.29, 1.82) is 0 Å². The Morgan fingerprint density at radius 3 is 2.51 bits per heavy atom. The van der Waals surface area contributed by atoms with Gasteiger partial charge in [-0.3, -0.25) is 24.1 Å². The lowest BCUT2D eigenvalue weighted by Crippen LogP contribution is -2.66. The molecule has 0 bridgehead atoms. The highest BCUT2D eigenvalue weighted by Gasteiger charge is 2.66. The number of nitro groups is 1. The Morgan fingerprint density at radius 2 is 1.95 bits per heavy atom. The van der Waals surface area contributed by atoms with Crippen LogP contribution in [0.15, 0.2) is 42.5 Å². The number of hydrogen-bond acceptors (Lipinski definition) is 10. The Hall–Kier alpha value is -3.99. The number of ketones is 1. The minimum absolute atomic E-state index is 0.00819. The minimum atomic E-state index is -3.63. The molecule has 0 radical (unpaired) electrons. The maximum atomic E-state index is 13.1. The summed E-state index contributed by atoms with van der Waals surface area (Å²) in [7, 11) is -3.63. The van der Waals surface area contributed by atoms with Gasteiger partial charge in [-0.15, -0.1) is 11.3 Å². The van der Waals surface area contributed by atoms with E-state index in [4.69, 9.17) is 0 Å². The van der Waals surface area contributed by atoms with Gasteiger partial charge in [0, 0.05) is 29.3 Å². The maximum Gasteiger partial charge on any atom is 0.352 e. The summed E-state index contributed by atoms with van der Waals surface area (Å²) in [6.07, 6.45) is 2.98. The number of nitro benzene ring substituents is 1. The van der Waals surface area contributed by atoms with E-state index in [1.807, 2.05) is 0 Å². The molecule has 1 aromatic carbocycles. The summed E-state index contributed by atoms with van der Waals surface area (Å²) in [4.78, 5) is 55.2. The number of sulfonamides is 1. The van der Waals surface area contributed by atoms with Gasteiger partial charge in [0.2, 0.25) is 15.9 Å². The van der Waals surface area contributed by atoms with E-state index in [1.54, 1.807) is 25.3 Å². The van der Waals surface area contributed by atoms with Crippen LogP contribution in [-0.4, -0.2) is 80.4 Å². The lowest BCUT2D eigenvalue weighted by atomic mass is 9.64. The van der Waals surface area contributed by atoms with Crippen LogP contribution in [0, 0.1) is 21.4 Å². The van der Waals surface area contributed by atoms with Crippen molar-refractivity contribution in [2.75, 3.05) is 12.8 Å². The first-order chi connectivity index (χ1) is 19.1. The molecular weight excluding hydrogens is 578 g/mol. The number of hydrogen-bond donors (Lipinski definition) is 3. The Balaban J connectivity index is 1.64. The SMILES string of the molecule is C[C@@H](O)[C@H]1C(=O)N2C(C(=O)O)=C(c3cn4cnc(C(=O)CNS(C)(=O)=O)c4s3)[C@](C)(Cc3ccc([N+](=O)[O-])cc3)[C@@H]12. The number of carboxylic acid groups (broad SMARTS) is 1. The second-order valence-corrected chi connectivity index (χ2v) is 13.2. The molecule has 3 N–H and O–H groups in total. The van der Waals surface area contributed by atoms with Crippen LogP contribution in [0.3, 0.4) is 0 Å². The molecule has 5 rings (SSSR count). The molecule has 216 valence electrons. The summed E-state index contributed by atoms with van der Waals surface area (Å²) < 4.78 is 26.6. The number of β-lactam (4-membered cyclic amide) rings is 1. The summed E-state index contributed by atoms with van der Waals surface area (Å²) in [6.45, 7) is 2.74. The van der Waals surface area contributed by atoms with Gasteiger partial charge < -0.3 is 15.1 Å². The van der Waals surface area contributed by atoms with Crippen molar-refractivity contribution in [2.24, 2.45) is 11.3 Å². The first-order valence-electron chi connectivity index (χ1n) is 12.3. The lowest BCUT2D eigenvalue weighted by Gasteiger charge is -2.51. The van der Waals surface area contributed by atoms with Gasteiger partial charge in [-0.25, -0.2) is 22.9 Å². The minimum Gasteiger partial charge on any atom is -0.477 e. The molecule has 1 fully saturated rings. The first-order valence-corrected chi connectivity index (χ1v) is 15.0. The molecule has 2 aromatic heterocycles. The topological polar surface area (TPSA) is 202 Å². The monoisotopic (exact) mass is 603 g/mol. The maximum absolute atomic E-state index is 13.1. The predicted molar refractivity (Wildman–Crippen MR) is 146 cm³/mol. The standard InChI is InChI=1S/C25H25N5O9S2/c1-12(31)17-21-25(2,8-13-4-6-14(7-5-13)30(36)37)18(20(24(34)35)29(21)22(17)33)16-10-28-11-26-19(23(28)40-16)15(32)9-27-41(3,38)39/h4-7,10-12,17,21,27,31H,8-9H2,1-3H3,(H,34,35)/t12-,17-,21-,25+/m1/s1. The van der Waals surface area contributed by atoms with E-state index in [-0.39, 0.29) is 23.5 Å². The van der Waals surface area contributed by atoms with Crippen LogP contribution in [0.2, 0.25) is 0 Å². The van der Waals surface area contributed by atoms with E-state index in [2.05, 4.69) is 9.71 Å². The second-order valence-electron chi connectivity index (χ2n) is 10.4. The summed E-state index contributed by atoms with van der Waals surface area (Å²) >= 11 is 1.06. The highest BCUT2D eigenvalue weighted by Crippen LogP contribution is 2.59. The van der Waals surface area contributed by atoms with Gasteiger partial charge in [0.1, 0.15) is 22.5 Å². The van der Waals surface area contributed by atoms with E-state index in [0.717, 1.165) is 17.6 Å². The van der Waals surface area contributed by atoms with Gasteiger partial charge in [0.25, 0.3) is 5.69 Å². The molecule has 1 saturated heterocycles. The number of rotatable bonds is 10. The molecule has 2 aliphatic heterocycles. The van der Waals surface area contributed by atoms with Crippen molar-refractivity contribution >= 4 is 55.1 Å². The number of carbonyl (C=O) groups is 3. The van der Waals surface area contributed by atoms with Crippen molar-refractivity contribution < 1.29 is 37.9 Å². The van der Waals surface area contributed by atoms with Gasteiger partial charge in [0.15, 0.2) is 5.78 Å². The number of aliphatic hydroxyl groups excluding tert-OH is 1. The number of aliphatic carboxylic acids is 1. The third kappa shape index (κ3) is 4.71. The number of thiazole rings is 1. The highest BCUT2D eigenvalue weighted by atomic mass is 32.2. The zero-order valence-electron chi connectivity index (χ0n) is 22.0. The van der Waals surface area contributed by atoms with Crippen molar-refractivity contribution in [3.63, 3.8) is 0 Å². The molecule has 2 aliphatic rings. The molecule has 4 heterocycles. The first kappa shape index (κ1) is 28.5. The molecular formula is C25H25N5O9S2. The number of nitrogens with one attached hydrogen (secondary N) is 1. The number of imidazole rings is 1. The van der Waals surface area contributed by atoms with Crippen LogP contribution in [0.4, 0.5) is 5.69 Å². The number of benzene rings is 1. The van der Waals surface area contributed by atoms with Crippen molar-refractivity contribution in [1.82, 2.24) is 19.0 Å². The van der Waals surface area contributed by atoms with Gasteiger partial charge in [-0.1, -0.05) is 19.1 Å². The fourth-order valence-corrected chi connectivity index (χ4v) is 7.47. The number of aliphatic hydroxyl groups is 1. The molecule has 3 aromatic rings. The van der Waals surface area contributed by atoms with Gasteiger partial charge in [0.05, 0.1) is 40.7 Å². The molecule has 14 nitrogen and oxygen atoms in total. The number of amides is 1. The molecule has 1 amide bonds. The summed E-state index contributed by atoms with van der Waals surface area (Å²) in [5, 5.41) is 31.9. The van der Waals surface area contributed by atoms with E-state index < -0.39 is 62.6 Å². The van der Waals surface area contributed by atoms with Gasteiger partial charge >= 0.3 is 5.97 Å². The van der Waals surface area contributed by atoms with Crippen molar-refractivity contribution in [2.45, 2.75) is 32.4 Å². The van der Waals surface area contributed by atoms with Crippen LogP contribution >= 0.6 is 11.3 Å². The van der Waals surface area contributed by atoms with Crippen LogP contribution in [-0.2, 0) is 26.0 Å². The van der Waals surface area contributed by atoms with Crippen LogP contribution < -0.4 is 4.72 Å². The zero-order valence-corrected chi connectivity index (χ0v) is 23.6. The highest BCUT2D eigenvalue weighted by molar-refractivity contribution is 7.88. The average Bonchev–Trinajstić information content (AvgIpc) is 3.51. The smallest absolute Gasteiger partial charge is 0.352 e. The molecule has 0 aliphatic carbocycles. The van der Waals surface area contributed by atoms with Crippen LogP contribution in [0.1, 0.15) is 34.8 Å². The van der Waals surface area contributed by atoms with E-state index in [9.17, 15) is 43.1 Å². The molecule has 0 saturated carbocycles. The molecule has 0 unspecified atom stereocenters. The largest absolute Gasteiger partial charge is 0.477 e. The second kappa shape index (κ2) is 9.83. The van der Waals surface area contributed by atoms with Gasteiger partial charge in [-0.2, -0.15) is 0 Å². The number of fused-ring (bicyclic) bond motifs is 2. The number of carboxylic acids is 1. The van der Waals surface area contributed by atoms with E-state index in [1.165, 1.54) is 34.7 Å². The lowest BCUT2D eigenvalue weighted by molar-refractivity contribution is -0.384. The van der Waals surface area contributed by atoms with Crippen LogP contribution in [0.5, 0.6) is 0 Å². The Kier molecular flexibility index (Phi) is 6.84. The Bertz CT molecular complexity index is 1760. The average molecular weight is 604 g/mol. The van der Waals surface area contributed by atoms with Crippen molar-refractivity contribution in [3.05, 3.63) is 68.7 Å². The number of aromatic nitrogens is 2. The quantitative estimate of drug-likeness (QED) is 0.131. The summed E-state index contributed by atoms with van der Waals surface area (Å²) in [5.74, 6) is -3.34. The Labute approximate surface area is 237 Å². The summed E-state index contributed by atoms with van der Waals surface area (Å²) in [6, 6.07) is 5.10. The molecule has 4 atom stereocenters. The summed E-state index contributed by atoms with van der Waals surface area (Å²) in [5.41, 5.74) is -0.461. The predicted octanol–water partition coefficient (Wildman–Crippen LogP) is 1.30. The fraction of sp³-hybridized carbons (Fsp3) is 0.360. The van der Waals surface area contributed by atoms with Crippen LogP contribution in [0.25, 0.3) is 10.4 Å².